The lowest BCUT2D eigenvalue weighted by molar-refractivity contribution is -0.197. The highest BCUT2D eigenvalue weighted by Crippen LogP contribution is 2.43. The molecular weight excluding hydrogens is 1630 g/mol. The first-order valence-corrected chi connectivity index (χ1v) is 58.0. The van der Waals surface area contributed by atoms with Gasteiger partial charge in [-0.3, -0.25) is 68.6 Å². The number of fused-ring (bicyclic) bond motifs is 8. The number of sulfone groups is 1. The minimum atomic E-state index is -2.72. The zero-order valence-corrected chi connectivity index (χ0v) is 95.2. The Labute approximate surface area is 807 Å². The fourth-order valence-corrected chi connectivity index (χ4v) is 20.9. The highest BCUT2D eigenvalue weighted by atomic mass is 32.2. The molecular formula is C107H232N14O7S. The lowest BCUT2D eigenvalue weighted by Crippen LogP contribution is -2.68. The van der Waals surface area contributed by atoms with Crippen LogP contribution in [0.2, 0.25) is 0 Å². The molecule has 0 aromatic rings. The van der Waals surface area contributed by atoms with Crippen molar-refractivity contribution in [2.24, 2.45) is 0 Å². The van der Waals surface area contributed by atoms with E-state index in [1.54, 1.807) is 0 Å². The smallest absolute Gasteiger partial charge is 0.152 e. The van der Waals surface area contributed by atoms with Crippen LogP contribution in [0, 0.1) is 0 Å². The first-order valence-electron chi connectivity index (χ1n) is 56.1. The van der Waals surface area contributed by atoms with Crippen LogP contribution in [-0.2, 0) is 33.5 Å². The maximum Gasteiger partial charge on any atom is 0.152 e. The van der Waals surface area contributed by atoms with Gasteiger partial charge in [0.1, 0.15) is 0 Å². The van der Waals surface area contributed by atoms with Crippen LogP contribution in [0.5, 0.6) is 0 Å². The zero-order chi connectivity index (χ0) is 99.0. The second kappa shape index (κ2) is 73.3. The van der Waals surface area contributed by atoms with Gasteiger partial charge in [-0.2, -0.15) is 0 Å². The van der Waals surface area contributed by atoms with E-state index in [9.17, 15) is 8.42 Å². The molecule has 1 aliphatic carbocycles. The Morgan fingerprint density at radius 2 is 0.566 bits per heavy atom. The van der Waals surface area contributed by atoms with E-state index in [0.717, 1.165) is 150 Å². The van der Waals surface area contributed by atoms with Gasteiger partial charge in [0, 0.05) is 260 Å². The van der Waals surface area contributed by atoms with Crippen molar-refractivity contribution in [1.29, 1.82) is 0 Å². The summed E-state index contributed by atoms with van der Waals surface area (Å²) >= 11 is 0. The van der Waals surface area contributed by atoms with E-state index >= 15 is 0 Å². The number of piperidine rings is 2. The molecule has 0 radical (unpaired) electrons. The van der Waals surface area contributed by atoms with Crippen molar-refractivity contribution in [1.82, 2.24) is 68.6 Å². The van der Waals surface area contributed by atoms with Crippen molar-refractivity contribution < 1.29 is 32.1 Å². The molecule has 0 aromatic heterocycles. The van der Waals surface area contributed by atoms with Gasteiger partial charge < -0.3 is 23.7 Å². The van der Waals surface area contributed by atoms with Gasteiger partial charge in [-0.1, -0.05) is 200 Å². The molecule has 0 aromatic carbocycles. The van der Waals surface area contributed by atoms with Gasteiger partial charge in [0.15, 0.2) is 9.84 Å². The molecule has 8 atom stereocenters. The second-order valence-corrected chi connectivity index (χ2v) is 39.4. The number of hydrogen-bond donors (Lipinski definition) is 0. The molecule has 19 aliphatic heterocycles. The number of hydrogen-bond acceptors (Lipinski definition) is 21. The molecule has 1 saturated carbocycles. The summed E-state index contributed by atoms with van der Waals surface area (Å²) < 4.78 is 51.1. The van der Waals surface area contributed by atoms with E-state index < -0.39 is 9.84 Å². The Bertz CT molecular complexity index is 2560. The number of likely N-dealkylation sites (tertiary alicyclic amines) is 10. The van der Waals surface area contributed by atoms with E-state index in [-0.39, 0.29) is 0 Å². The van der Waals surface area contributed by atoms with Gasteiger partial charge in [0.05, 0.1) is 74.1 Å². The van der Waals surface area contributed by atoms with Crippen molar-refractivity contribution in [3.63, 3.8) is 0 Å². The summed E-state index contributed by atoms with van der Waals surface area (Å²) in [5.41, 5.74) is 0.302. The topological polar surface area (TPSA) is 126 Å². The highest BCUT2D eigenvalue weighted by Gasteiger charge is 2.52. The fraction of sp³-hybridized carbons (Fsp3) is 1.00. The molecule has 19 heterocycles. The summed E-state index contributed by atoms with van der Waals surface area (Å²) in [6.07, 6.45) is 17.6. The maximum atomic E-state index is 11.3. The fourth-order valence-electron chi connectivity index (χ4n) is 19.7. The van der Waals surface area contributed by atoms with Crippen molar-refractivity contribution in [2.75, 3.05) is 202 Å². The minimum Gasteiger partial charge on any atom is -0.378 e. The molecule has 22 heteroatoms. The van der Waals surface area contributed by atoms with E-state index in [2.05, 4.69) is 166 Å². The molecule has 8 bridgehead atoms. The van der Waals surface area contributed by atoms with Crippen molar-refractivity contribution in [3.8, 4) is 0 Å². The SMILES string of the molecule is CC.CC.CC.CC.CC.CC.CC.CC.CC.CC.CC.CC.CC.CC.CC(C)N1CC(N2C3CCC2COC3)C1.CC(C)N1CC(N2CC3CC(C2)O3)C1.CC(C)N1CC(N2CC3CC2CO3)C1.CC(C)N1CC(N2CC3CCC(C2)O3)C1.CC(C)N1CC(N2CCCCC2)C1.CC(C)N1CC(N2CCOC3(CC3)C2)C1.CC(C)N1CC(N2CCS(=O)(=O)CC2)C1. The molecule has 21 nitrogen and oxygen atoms in total. The van der Waals surface area contributed by atoms with Crippen LogP contribution in [0.25, 0.3) is 0 Å². The van der Waals surface area contributed by atoms with Crippen LogP contribution in [0.15, 0.2) is 0 Å². The van der Waals surface area contributed by atoms with Gasteiger partial charge in [-0.25, -0.2) is 8.42 Å². The van der Waals surface area contributed by atoms with E-state index in [1.807, 2.05) is 194 Å². The van der Waals surface area contributed by atoms with Crippen LogP contribution in [-0.4, -0.2) is 417 Å². The molecule has 129 heavy (non-hydrogen) atoms. The number of nitrogens with zero attached hydrogens (tertiary/aromatic N) is 14. The summed E-state index contributed by atoms with van der Waals surface area (Å²) in [6.45, 7) is 122. The molecule has 20 rings (SSSR count). The third kappa shape index (κ3) is 42.3. The van der Waals surface area contributed by atoms with Crippen LogP contribution >= 0.6 is 0 Å². The largest absolute Gasteiger partial charge is 0.378 e. The molecule has 20 fully saturated rings. The predicted molar refractivity (Wildman–Crippen MR) is 566 cm³/mol. The normalized spacial score (nSPS) is 28.2. The van der Waals surface area contributed by atoms with Crippen LogP contribution in [0.3, 0.4) is 0 Å². The Kier molecular flexibility index (Phi) is 74.0. The summed E-state index contributed by atoms with van der Waals surface area (Å²) in [4.78, 5) is 36.2. The van der Waals surface area contributed by atoms with Crippen LogP contribution in [0.4, 0.5) is 0 Å². The first kappa shape index (κ1) is 130. The Morgan fingerprint density at radius 3 is 0.876 bits per heavy atom. The quantitative estimate of drug-likeness (QED) is 0.164. The molecule has 0 amide bonds. The highest BCUT2D eigenvalue weighted by molar-refractivity contribution is 7.91. The average Bonchev–Trinajstić information content (AvgIpc) is 1.64. The van der Waals surface area contributed by atoms with Gasteiger partial charge in [0.25, 0.3) is 0 Å². The maximum absolute atomic E-state index is 11.3. The van der Waals surface area contributed by atoms with E-state index in [1.165, 1.54) is 202 Å². The van der Waals surface area contributed by atoms with Gasteiger partial charge >= 0.3 is 0 Å². The van der Waals surface area contributed by atoms with Crippen molar-refractivity contribution >= 4 is 9.84 Å². The third-order valence-corrected chi connectivity index (χ3v) is 29.4. The standard InChI is InChI=1S/3C12H22N2O.2C11H20N2O.C11H22N2.C10H20N2O2S.14C2H6/c1-9(2)13-5-10(6-13)14-7-11-3-4-12(8-14)15-11;1-9(2)13-5-12(6-13)14-10-3-4-11(14)8-15-7-10;1-10(2)14-7-11(8-14)13-5-6-15-12(9-13)3-4-12;1-8(2)12-4-9(5-12)13-6-10-3-11(7-13)14-10;1-8(2)12-4-10(5-12)13-6-11-3-9(13)7-14-11;1-10(2)13-8-11(9-13)12-6-4-3-5-7-12;1-9(2)12-7-10(8-12)11-3-5-15(13,14)6-4-11;14*1-2/h2*9-12H,3-8H2,1-2H3;10-11H,3-9H2,1-2H3;2*8-11H,3-7H2,1-2H3;10-11H,3-9H2,1-2H3;9-10H,3-8H2,1-2H3;14*1-2H3. The Hall–Kier alpha value is -0.810. The van der Waals surface area contributed by atoms with E-state index in [4.69, 9.17) is 23.7 Å². The first-order chi connectivity index (χ1) is 62.4. The molecule has 0 N–H and O–H groups in total. The Balaban J connectivity index is 0. The lowest BCUT2D eigenvalue weighted by atomic mass is 9.94. The van der Waals surface area contributed by atoms with Crippen molar-refractivity contribution in [3.05, 3.63) is 0 Å². The average molecular weight is 1860 g/mol. The zero-order valence-electron chi connectivity index (χ0n) is 94.4. The molecule has 778 valence electrons. The monoisotopic (exact) mass is 1860 g/mol. The van der Waals surface area contributed by atoms with Gasteiger partial charge in [-0.15, -0.1) is 0 Å². The minimum absolute atomic E-state index is 0.302. The summed E-state index contributed by atoms with van der Waals surface area (Å²) in [6, 6.07) is 12.8. The molecule has 1 spiro atoms. The molecule has 20 aliphatic rings. The number of morpholine rings is 5. The summed E-state index contributed by atoms with van der Waals surface area (Å²) in [5, 5.41) is 0. The van der Waals surface area contributed by atoms with E-state index in [0.29, 0.717) is 59.7 Å². The molecule has 19 saturated heterocycles. The van der Waals surface area contributed by atoms with Crippen molar-refractivity contribution in [2.45, 2.75) is 500 Å². The number of rotatable bonds is 14. The van der Waals surface area contributed by atoms with Crippen LogP contribution < -0.4 is 0 Å². The molecule has 8 unspecified atom stereocenters. The Morgan fingerprint density at radius 1 is 0.271 bits per heavy atom. The predicted octanol–water partition coefficient (Wildman–Crippen LogP) is 19.7. The van der Waals surface area contributed by atoms with Gasteiger partial charge in [-0.05, 0) is 168 Å². The van der Waals surface area contributed by atoms with Gasteiger partial charge in [0.2, 0.25) is 0 Å². The lowest BCUT2D eigenvalue weighted by Gasteiger charge is -2.54. The number of ether oxygens (including phenoxy) is 5. The second-order valence-electron chi connectivity index (χ2n) is 37.1. The van der Waals surface area contributed by atoms with Crippen LogP contribution in [0.1, 0.15) is 361 Å². The third-order valence-electron chi connectivity index (χ3n) is 27.8. The summed E-state index contributed by atoms with van der Waals surface area (Å²) in [7, 11) is -2.72. The summed E-state index contributed by atoms with van der Waals surface area (Å²) in [5.74, 6) is 0.705.